The van der Waals surface area contributed by atoms with E-state index in [0.717, 1.165) is 19.3 Å². The Labute approximate surface area is 120 Å². The second-order valence-corrected chi connectivity index (χ2v) is 5.15. The second kappa shape index (κ2) is 8.09. The van der Waals surface area contributed by atoms with Crippen molar-refractivity contribution >= 4 is 12.0 Å². The molecule has 1 rings (SSSR count). The maximum absolute atomic E-state index is 12.2. The van der Waals surface area contributed by atoms with Crippen LogP contribution >= 0.6 is 0 Å². The lowest BCUT2D eigenvalue weighted by Crippen LogP contribution is -2.59. The topological polar surface area (TPSA) is 78.9 Å². The van der Waals surface area contributed by atoms with Crippen molar-refractivity contribution in [2.24, 2.45) is 0 Å². The molecule has 0 atom stereocenters. The SMILES string of the molecule is CCOCCN(CC)C(=O)NC1(C(=O)O)CCCCC1. The van der Waals surface area contributed by atoms with Gasteiger partial charge >= 0.3 is 12.0 Å². The van der Waals surface area contributed by atoms with E-state index in [4.69, 9.17) is 4.74 Å². The van der Waals surface area contributed by atoms with E-state index < -0.39 is 11.5 Å². The van der Waals surface area contributed by atoms with Gasteiger partial charge in [-0.2, -0.15) is 0 Å². The predicted octanol–water partition coefficient (Wildman–Crippen LogP) is 1.84. The zero-order valence-electron chi connectivity index (χ0n) is 12.5. The van der Waals surface area contributed by atoms with Crippen molar-refractivity contribution in [1.82, 2.24) is 10.2 Å². The average molecular weight is 286 g/mol. The number of hydrogen-bond donors (Lipinski definition) is 2. The van der Waals surface area contributed by atoms with Gasteiger partial charge in [-0.05, 0) is 26.7 Å². The number of urea groups is 1. The molecular weight excluding hydrogens is 260 g/mol. The van der Waals surface area contributed by atoms with E-state index >= 15 is 0 Å². The summed E-state index contributed by atoms with van der Waals surface area (Å²) in [7, 11) is 0. The Morgan fingerprint density at radius 2 is 1.90 bits per heavy atom. The molecule has 0 heterocycles. The molecule has 0 bridgehead atoms. The van der Waals surface area contributed by atoms with Crippen LogP contribution in [0.5, 0.6) is 0 Å². The van der Waals surface area contributed by atoms with Gasteiger partial charge in [0.1, 0.15) is 5.54 Å². The van der Waals surface area contributed by atoms with Gasteiger partial charge in [-0.1, -0.05) is 19.3 Å². The Morgan fingerprint density at radius 3 is 2.40 bits per heavy atom. The van der Waals surface area contributed by atoms with Gasteiger partial charge in [-0.25, -0.2) is 9.59 Å². The number of rotatable bonds is 7. The van der Waals surface area contributed by atoms with Crippen molar-refractivity contribution in [3.63, 3.8) is 0 Å². The molecule has 0 aromatic rings. The summed E-state index contributed by atoms with van der Waals surface area (Å²) >= 11 is 0. The Kier molecular flexibility index (Phi) is 6.78. The lowest BCUT2D eigenvalue weighted by Gasteiger charge is -2.35. The first kappa shape index (κ1) is 16.8. The molecule has 116 valence electrons. The largest absolute Gasteiger partial charge is 0.480 e. The molecule has 1 saturated carbocycles. The molecule has 1 fully saturated rings. The third kappa shape index (κ3) is 4.37. The Morgan fingerprint density at radius 1 is 1.25 bits per heavy atom. The van der Waals surface area contributed by atoms with Gasteiger partial charge in [-0.3, -0.25) is 0 Å². The first-order valence-electron chi connectivity index (χ1n) is 7.44. The van der Waals surface area contributed by atoms with Gasteiger partial charge in [-0.15, -0.1) is 0 Å². The summed E-state index contributed by atoms with van der Waals surface area (Å²) in [4.78, 5) is 25.4. The Balaban J connectivity index is 2.62. The first-order valence-corrected chi connectivity index (χ1v) is 7.44. The van der Waals surface area contributed by atoms with Crippen molar-refractivity contribution in [1.29, 1.82) is 0 Å². The number of aliphatic carboxylic acids is 1. The standard InChI is InChI=1S/C14H26N2O4/c1-3-16(10-11-20-4-2)13(19)15-14(12(17)18)8-6-5-7-9-14/h3-11H2,1-2H3,(H,15,19)(H,17,18). The molecule has 0 saturated heterocycles. The minimum Gasteiger partial charge on any atom is -0.480 e. The molecule has 1 aliphatic rings. The number of carboxylic acid groups (broad SMARTS) is 1. The molecule has 0 aliphatic heterocycles. The van der Waals surface area contributed by atoms with Crippen molar-refractivity contribution in [3.05, 3.63) is 0 Å². The van der Waals surface area contributed by atoms with E-state index in [9.17, 15) is 14.7 Å². The number of nitrogens with zero attached hydrogens (tertiary/aromatic N) is 1. The molecule has 6 nitrogen and oxygen atoms in total. The lowest BCUT2D eigenvalue weighted by molar-refractivity contribution is -0.146. The van der Waals surface area contributed by atoms with Crippen molar-refractivity contribution in [2.75, 3.05) is 26.3 Å². The maximum atomic E-state index is 12.2. The van der Waals surface area contributed by atoms with E-state index in [1.807, 2.05) is 13.8 Å². The van der Waals surface area contributed by atoms with Crippen LogP contribution in [0.2, 0.25) is 0 Å². The van der Waals surface area contributed by atoms with Crippen molar-refractivity contribution in [3.8, 4) is 0 Å². The van der Waals surface area contributed by atoms with Gasteiger partial charge in [0.25, 0.3) is 0 Å². The fraction of sp³-hybridized carbons (Fsp3) is 0.857. The zero-order valence-corrected chi connectivity index (χ0v) is 12.5. The van der Waals surface area contributed by atoms with Gasteiger partial charge in [0.2, 0.25) is 0 Å². The van der Waals surface area contributed by atoms with E-state index in [0.29, 0.717) is 39.1 Å². The maximum Gasteiger partial charge on any atom is 0.329 e. The highest BCUT2D eigenvalue weighted by atomic mass is 16.5. The highest BCUT2D eigenvalue weighted by Gasteiger charge is 2.41. The van der Waals surface area contributed by atoms with E-state index in [2.05, 4.69) is 5.32 Å². The minimum atomic E-state index is -1.09. The summed E-state index contributed by atoms with van der Waals surface area (Å²) in [5.74, 6) is -0.925. The molecular formula is C14H26N2O4. The normalized spacial score (nSPS) is 17.5. The van der Waals surface area contributed by atoms with Gasteiger partial charge < -0.3 is 20.1 Å². The number of carbonyl (C=O) groups excluding carboxylic acids is 1. The highest BCUT2D eigenvalue weighted by molar-refractivity contribution is 5.86. The number of ether oxygens (including phenoxy) is 1. The number of carbonyl (C=O) groups is 2. The molecule has 6 heteroatoms. The predicted molar refractivity (Wildman–Crippen MR) is 75.7 cm³/mol. The summed E-state index contributed by atoms with van der Waals surface area (Å²) in [6.07, 6.45) is 3.75. The molecule has 0 aromatic heterocycles. The summed E-state index contributed by atoms with van der Waals surface area (Å²) in [6.45, 7) is 5.87. The molecule has 0 unspecified atom stereocenters. The highest BCUT2D eigenvalue weighted by Crippen LogP contribution is 2.28. The molecule has 0 spiro atoms. The van der Waals surface area contributed by atoms with Crippen LogP contribution in [0, 0.1) is 0 Å². The Hall–Kier alpha value is -1.30. The van der Waals surface area contributed by atoms with Crippen LogP contribution in [0.4, 0.5) is 4.79 Å². The van der Waals surface area contributed by atoms with Crippen molar-refractivity contribution < 1.29 is 19.4 Å². The number of nitrogens with one attached hydrogen (secondary N) is 1. The zero-order chi connectivity index (χ0) is 15.0. The second-order valence-electron chi connectivity index (χ2n) is 5.15. The molecule has 0 aromatic carbocycles. The lowest BCUT2D eigenvalue weighted by atomic mass is 9.82. The Bertz CT molecular complexity index is 327. The smallest absolute Gasteiger partial charge is 0.329 e. The van der Waals surface area contributed by atoms with Crippen LogP contribution in [0.25, 0.3) is 0 Å². The van der Waals surface area contributed by atoms with E-state index in [1.165, 1.54) is 0 Å². The number of amides is 2. The number of carboxylic acids is 1. The van der Waals surface area contributed by atoms with Gasteiger partial charge in [0.15, 0.2) is 0 Å². The fourth-order valence-electron chi connectivity index (χ4n) is 2.55. The minimum absolute atomic E-state index is 0.309. The third-order valence-electron chi connectivity index (χ3n) is 3.84. The summed E-state index contributed by atoms with van der Waals surface area (Å²) in [6, 6.07) is -0.309. The first-order chi connectivity index (χ1) is 9.55. The summed E-state index contributed by atoms with van der Waals surface area (Å²) in [5.41, 5.74) is -1.09. The van der Waals surface area contributed by atoms with Crippen LogP contribution < -0.4 is 5.32 Å². The molecule has 2 N–H and O–H groups in total. The van der Waals surface area contributed by atoms with Gasteiger partial charge in [0.05, 0.1) is 6.61 Å². The molecule has 20 heavy (non-hydrogen) atoms. The van der Waals surface area contributed by atoms with Gasteiger partial charge in [0, 0.05) is 19.7 Å². The molecule has 0 radical (unpaired) electrons. The van der Waals surface area contributed by atoms with Crippen LogP contribution in [0.1, 0.15) is 46.0 Å². The summed E-state index contributed by atoms with van der Waals surface area (Å²) < 4.78 is 5.24. The van der Waals surface area contributed by atoms with E-state index in [1.54, 1.807) is 4.90 Å². The molecule has 2 amide bonds. The number of likely N-dealkylation sites (N-methyl/N-ethyl adjacent to an activating group) is 1. The third-order valence-corrected chi connectivity index (χ3v) is 3.84. The van der Waals surface area contributed by atoms with Crippen molar-refractivity contribution in [2.45, 2.75) is 51.5 Å². The average Bonchev–Trinajstić information content (AvgIpc) is 2.44. The monoisotopic (exact) mass is 286 g/mol. The van der Waals surface area contributed by atoms with Crippen LogP contribution in [-0.2, 0) is 9.53 Å². The van der Waals surface area contributed by atoms with E-state index in [-0.39, 0.29) is 6.03 Å². The summed E-state index contributed by atoms with van der Waals surface area (Å²) in [5, 5.41) is 12.2. The fourth-order valence-corrected chi connectivity index (χ4v) is 2.55. The van der Waals surface area contributed by atoms with Crippen LogP contribution in [-0.4, -0.2) is 53.8 Å². The molecule has 1 aliphatic carbocycles. The number of hydrogen-bond acceptors (Lipinski definition) is 3. The van der Waals surface area contributed by atoms with Crippen LogP contribution in [0.15, 0.2) is 0 Å². The quantitative estimate of drug-likeness (QED) is 0.700. The van der Waals surface area contributed by atoms with Crippen LogP contribution in [0.3, 0.4) is 0 Å².